The van der Waals surface area contributed by atoms with Crippen molar-refractivity contribution in [2.24, 2.45) is 0 Å². The quantitative estimate of drug-likeness (QED) is 0.0602. The average molecular weight is 523 g/mol. The molecule has 0 saturated heterocycles. The van der Waals surface area contributed by atoms with Gasteiger partial charge in [0.25, 0.3) is 0 Å². The van der Waals surface area contributed by atoms with E-state index in [4.69, 9.17) is 9.84 Å². The van der Waals surface area contributed by atoms with E-state index in [0.717, 1.165) is 44.9 Å². The van der Waals surface area contributed by atoms with Crippen LogP contribution in [-0.4, -0.2) is 23.1 Å². The molecule has 0 aromatic carbocycles. The van der Waals surface area contributed by atoms with E-state index in [1.165, 1.54) is 103 Å². The van der Waals surface area contributed by atoms with Crippen LogP contribution in [0, 0.1) is 0 Å². The Labute approximate surface area is 230 Å². The standard InChI is InChI=1S/C33H62O4/c1-3-5-7-9-11-12-13-14-15-16-17-19-21-26-30-33(36)37-31(28-24-22-25-29-32(34)35)27-23-20-18-10-8-6-4-2/h12-13,31H,3-11,14-30H2,1-2H3,(H,34,35)/b13-12-. The number of carbonyl (C=O) groups is 2. The van der Waals surface area contributed by atoms with Crippen molar-refractivity contribution in [3.05, 3.63) is 12.2 Å². The number of rotatable bonds is 29. The molecule has 0 aliphatic carbocycles. The van der Waals surface area contributed by atoms with Gasteiger partial charge < -0.3 is 9.84 Å². The molecule has 0 heterocycles. The summed E-state index contributed by atoms with van der Waals surface area (Å²) in [6, 6.07) is 0. The van der Waals surface area contributed by atoms with Crippen molar-refractivity contribution in [1.82, 2.24) is 0 Å². The van der Waals surface area contributed by atoms with Crippen molar-refractivity contribution in [2.45, 2.75) is 187 Å². The molecule has 0 radical (unpaired) electrons. The minimum absolute atomic E-state index is 0.00710. The number of carboxylic acid groups (broad SMARTS) is 1. The average Bonchev–Trinajstić information content (AvgIpc) is 2.87. The van der Waals surface area contributed by atoms with Gasteiger partial charge in [0.15, 0.2) is 0 Å². The highest BCUT2D eigenvalue weighted by Gasteiger charge is 2.14. The third kappa shape index (κ3) is 29.1. The van der Waals surface area contributed by atoms with Crippen LogP contribution in [0.2, 0.25) is 0 Å². The molecule has 1 N–H and O–H groups in total. The topological polar surface area (TPSA) is 63.6 Å². The SMILES string of the molecule is CCCCCC/C=C\CCCCCCCCC(=O)OC(CCCCCCCCC)CCCCCC(=O)O. The smallest absolute Gasteiger partial charge is 0.306 e. The van der Waals surface area contributed by atoms with Gasteiger partial charge >= 0.3 is 11.9 Å². The molecule has 0 rings (SSSR count). The highest BCUT2D eigenvalue weighted by atomic mass is 16.5. The van der Waals surface area contributed by atoms with E-state index in [1.807, 2.05) is 0 Å². The number of hydrogen-bond donors (Lipinski definition) is 1. The van der Waals surface area contributed by atoms with Gasteiger partial charge in [0.2, 0.25) is 0 Å². The van der Waals surface area contributed by atoms with Crippen LogP contribution in [-0.2, 0) is 14.3 Å². The van der Waals surface area contributed by atoms with E-state index in [1.54, 1.807) is 0 Å². The molecule has 0 amide bonds. The lowest BCUT2D eigenvalue weighted by Crippen LogP contribution is -2.18. The highest BCUT2D eigenvalue weighted by Crippen LogP contribution is 2.18. The number of unbranched alkanes of at least 4 members (excludes halogenated alkanes) is 18. The molecule has 4 heteroatoms. The van der Waals surface area contributed by atoms with Crippen LogP contribution < -0.4 is 0 Å². The molecule has 0 aliphatic rings. The first-order valence-corrected chi connectivity index (χ1v) is 16.2. The molecular weight excluding hydrogens is 460 g/mol. The van der Waals surface area contributed by atoms with Crippen LogP contribution in [0.15, 0.2) is 12.2 Å². The van der Waals surface area contributed by atoms with Crippen LogP contribution in [0.5, 0.6) is 0 Å². The fourth-order valence-electron chi connectivity index (χ4n) is 4.82. The Morgan fingerprint density at radius 3 is 1.51 bits per heavy atom. The lowest BCUT2D eigenvalue weighted by molar-refractivity contribution is -0.150. The summed E-state index contributed by atoms with van der Waals surface area (Å²) in [6.45, 7) is 4.50. The van der Waals surface area contributed by atoms with Gasteiger partial charge in [-0.3, -0.25) is 9.59 Å². The van der Waals surface area contributed by atoms with Gasteiger partial charge in [0.1, 0.15) is 6.10 Å². The van der Waals surface area contributed by atoms with Gasteiger partial charge in [0, 0.05) is 12.8 Å². The number of aliphatic carboxylic acids is 1. The Morgan fingerprint density at radius 1 is 0.568 bits per heavy atom. The fourth-order valence-corrected chi connectivity index (χ4v) is 4.82. The number of carbonyl (C=O) groups excluding carboxylic acids is 1. The number of hydrogen-bond acceptors (Lipinski definition) is 3. The van der Waals surface area contributed by atoms with Crippen molar-refractivity contribution < 1.29 is 19.4 Å². The highest BCUT2D eigenvalue weighted by molar-refractivity contribution is 5.69. The third-order valence-electron chi connectivity index (χ3n) is 7.24. The largest absolute Gasteiger partial charge is 0.481 e. The number of esters is 1. The first kappa shape index (κ1) is 35.7. The zero-order valence-corrected chi connectivity index (χ0v) is 24.8. The van der Waals surface area contributed by atoms with Gasteiger partial charge in [0.05, 0.1) is 0 Å². The van der Waals surface area contributed by atoms with Crippen LogP contribution in [0.25, 0.3) is 0 Å². The molecule has 0 aromatic heterocycles. The summed E-state index contributed by atoms with van der Waals surface area (Å²) >= 11 is 0. The minimum Gasteiger partial charge on any atom is -0.481 e. The van der Waals surface area contributed by atoms with Crippen LogP contribution >= 0.6 is 0 Å². The second-order valence-electron chi connectivity index (χ2n) is 11.0. The second kappa shape index (κ2) is 29.2. The minimum atomic E-state index is -0.726. The predicted molar refractivity (Wildman–Crippen MR) is 158 cm³/mol. The third-order valence-corrected chi connectivity index (χ3v) is 7.24. The van der Waals surface area contributed by atoms with Gasteiger partial charge in [-0.15, -0.1) is 0 Å². The van der Waals surface area contributed by atoms with Crippen molar-refractivity contribution in [3.63, 3.8) is 0 Å². The molecule has 4 nitrogen and oxygen atoms in total. The van der Waals surface area contributed by atoms with E-state index in [9.17, 15) is 9.59 Å². The summed E-state index contributed by atoms with van der Waals surface area (Å²) in [5.74, 6) is -0.765. The summed E-state index contributed by atoms with van der Waals surface area (Å²) in [7, 11) is 0. The Hall–Kier alpha value is -1.32. The van der Waals surface area contributed by atoms with Gasteiger partial charge in [-0.2, -0.15) is 0 Å². The molecule has 1 unspecified atom stereocenters. The number of ether oxygens (including phenoxy) is 1. The van der Waals surface area contributed by atoms with E-state index in [0.29, 0.717) is 12.8 Å². The van der Waals surface area contributed by atoms with Gasteiger partial charge in [-0.1, -0.05) is 116 Å². The lowest BCUT2D eigenvalue weighted by atomic mass is 10.0. The van der Waals surface area contributed by atoms with Crippen molar-refractivity contribution in [3.8, 4) is 0 Å². The van der Waals surface area contributed by atoms with E-state index < -0.39 is 5.97 Å². The maximum absolute atomic E-state index is 12.4. The lowest BCUT2D eigenvalue weighted by Gasteiger charge is -2.18. The molecule has 0 spiro atoms. The Bertz CT molecular complexity index is 528. The normalized spacial score (nSPS) is 12.3. The molecule has 0 aliphatic heterocycles. The first-order chi connectivity index (χ1) is 18.1. The van der Waals surface area contributed by atoms with Crippen LogP contribution in [0.3, 0.4) is 0 Å². The summed E-state index contributed by atoms with van der Waals surface area (Å²) in [5.41, 5.74) is 0. The summed E-state index contributed by atoms with van der Waals surface area (Å²) in [5, 5.41) is 8.81. The molecule has 0 bridgehead atoms. The maximum Gasteiger partial charge on any atom is 0.306 e. The molecular formula is C33H62O4. The van der Waals surface area contributed by atoms with Crippen molar-refractivity contribution >= 4 is 11.9 Å². The van der Waals surface area contributed by atoms with Crippen molar-refractivity contribution in [1.29, 1.82) is 0 Å². The molecule has 0 saturated carbocycles. The second-order valence-corrected chi connectivity index (χ2v) is 11.0. The van der Waals surface area contributed by atoms with E-state index in [2.05, 4.69) is 26.0 Å². The predicted octanol–water partition coefficient (Wildman–Crippen LogP) is 10.7. The fraction of sp³-hybridized carbons (Fsp3) is 0.879. The monoisotopic (exact) mass is 522 g/mol. The van der Waals surface area contributed by atoms with Gasteiger partial charge in [-0.25, -0.2) is 0 Å². The zero-order valence-electron chi connectivity index (χ0n) is 24.8. The Balaban J connectivity index is 3.91. The maximum atomic E-state index is 12.4. The summed E-state index contributed by atoms with van der Waals surface area (Å²) in [4.78, 5) is 23.2. The molecule has 37 heavy (non-hydrogen) atoms. The van der Waals surface area contributed by atoms with Crippen molar-refractivity contribution in [2.75, 3.05) is 0 Å². The molecule has 1 atom stereocenters. The summed E-state index contributed by atoms with van der Waals surface area (Å²) in [6.07, 6.45) is 33.6. The van der Waals surface area contributed by atoms with Crippen LogP contribution in [0.4, 0.5) is 0 Å². The molecule has 0 fully saturated rings. The first-order valence-electron chi connectivity index (χ1n) is 16.2. The number of allylic oxidation sites excluding steroid dienone is 2. The molecule has 0 aromatic rings. The van der Waals surface area contributed by atoms with E-state index >= 15 is 0 Å². The van der Waals surface area contributed by atoms with Crippen LogP contribution in [0.1, 0.15) is 181 Å². The Kier molecular flexibility index (Phi) is 28.2. The van der Waals surface area contributed by atoms with E-state index in [-0.39, 0.29) is 18.5 Å². The van der Waals surface area contributed by atoms with Gasteiger partial charge in [-0.05, 0) is 64.2 Å². The summed E-state index contributed by atoms with van der Waals surface area (Å²) < 4.78 is 5.87. The Morgan fingerprint density at radius 2 is 0.973 bits per heavy atom. The zero-order chi connectivity index (χ0) is 27.2. The molecule has 218 valence electrons. The number of carboxylic acids is 1.